The van der Waals surface area contributed by atoms with Crippen molar-refractivity contribution >= 4 is 50.3 Å². The summed E-state index contributed by atoms with van der Waals surface area (Å²) in [6, 6.07) is 13.4. The van der Waals surface area contributed by atoms with Crippen molar-refractivity contribution in [2.75, 3.05) is 6.79 Å². The first-order valence-corrected chi connectivity index (χ1v) is 14.3. The molecule has 0 spiro atoms. The number of nitro groups is 1. The maximum atomic E-state index is 13.7. The third kappa shape index (κ3) is 5.64. The summed E-state index contributed by atoms with van der Waals surface area (Å²) in [4.78, 5) is 30.0. The minimum atomic E-state index is -0.563. The van der Waals surface area contributed by atoms with Gasteiger partial charge in [-0.05, 0) is 54.8 Å². The Bertz CT molecular complexity index is 1750. The normalized spacial score (nSPS) is 15.1. The SMILES string of the molecule is O=c1c2cc(Br)ccc2nc(C2CCCCC2)n1N=Cc1cc(Cl)cc([N+](=O)[O-])c1OCc1ccc2c(c1)OCO2. The highest BCUT2D eigenvalue weighted by Gasteiger charge is 2.24. The summed E-state index contributed by atoms with van der Waals surface area (Å²) in [5.41, 5.74) is 0.922. The number of halogens is 2. The zero-order chi connectivity index (χ0) is 28.5. The predicted octanol–water partition coefficient (Wildman–Crippen LogP) is 6.96. The van der Waals surface area contributed by atoms with E-state index in [2.05, 4.69) is 21.0 Å². The molecule has 0 saturated heterocycles. The molecule has 210 valence electrons. The second kappa shape index (κ2) is 11.5. The molecule has 0 amide bonds. The first-order chi connectivity index (χ1) is 19.9. The highest BCUT2D eigenvalue weighted by molar-refractivity contribution is 9.10. The molecule has 3 aromatic carbocycles. The van der Waals surface area contributed by atoms with Crippen LogP contribution in [0.1, 0.15) is 55.0 Å². The predicted molar refractivity (Wildman–Crippen MR) is 158 cm³/mol. The Balaban J connectivity index is 1.42. The van der Waals surface area contributed by atoms with Crippen molar-refractivity contribution in [3.8, 4) is 17.2 Å². The molecular formula is C29H24BrClN4O6. The first kappa shape index (κ1) is 27.2. The maximum absolute atomic E-state index is 13.7. The van der Waals surface area contributed by atoms with E-state index in [1.54, 1.807) is 24.3 Å². The molecule has 1 aromatic heterocycles. The Hall–Kier alpha value is -3.96. The molecule has 2 aliphatic rings. The van der Waals surface area contributed by atoms with E-state index in [9.17, 15) is 14.9 Å². The molecule has 1 saturated carbocycles. The second-order valence-electron chi connectivity index (χ2n) is 9.90. The zero-order valence-corrected chi connectivity index (χ0v) is 24.1. The lowest BCUT2D eigenvalue weighted by Gasteiger charge is -2.22. The zero-order valence-electron chi connectivity index (χ0n) is 21.7. The summed E-state index contributed by atoms with van der Waals surface area (Å²) in [5, 5.41) is 17.1. The second-order valence-corrected chi connectivity index (χ2v) is 11.3. The van der Waals surface area contributed by atoms with Gasteiger partial charge in [-0.3, -0.25) is 14.9 Å². The molecule has 0 atom stereocenters. The molecule has 4 aromatic rings. The molecule has 0 radical (unpaired) electrons. The van der Waals surface area contributed by atoms with Crippen LogP contribution in [0.25, 0.3) is 10.9 Å². The summed E-state index contributed by atoms with van der Waals surface area (Å²) < 4.78 is 18.8. The molecule has 0 unspecified atom stereocenters. The summed E-state index contributed by atoms with van der Waals surface area (Å²) >= 11 is 9.70. The molecule has 0 bridgehead atoms. The average Bonchev–Trinajstić information content (AvgIpc) is 3.44. The first-order valence-electron chi connectivity index (χ1n) is 13.1. The van der Waals surface area contributed by atoms with Crippen LogP contribution < -0.4 is 19.8 Å². The lowest BCUT2D eigenvalue weighted by Crippen LogP contribution is -2.25. The van der Waals surface area contributed by atoms with Gasteiger partial charge in [-0.1, -0.05) is 52.9 Å². The van der Waals surface area contributed by atoms with Gasteiger partial charge in [-0.25, -0.2) is 4.98 Å². The van der Waals surface area contributed by atoms with Crippen LogP contribution in [0.2, 0.25) is 5.02 Å². The maximum Gasteiger partial charge on any atom is 0.313 e. The third-order valence-corrected chi connectivity index (χ3v) is 7.91. The molecule has 2 heterocycles. The average molecular weight is 640 g/mol. The standard InChI is InChI=1S/C29H24BrClN4O6/c30-20-7-8-23-22(12-20)29(36)34(28(33-23)18-4-2-1-3-5-18)32-14-19-11-21(31)13-24(35(37)38)27(19)39-15-17-6-9-25-26(10-17)41-16-40-25/h6-14,18H,1-5,15-16H2. The van der Waals surface area contributed by atoms with Crippen molar-refractivity contribution in [2.45, 2.75) is 44.6 Å². The lowest BCUT2D eigenvalue weighted by atomic mass is 9.88. The molecule has 1 fully saturated rings. The Morgan fingerprint density at radius 2 is 1.93 bits per heavy atom. The molecule has 41 heavy (non-hydrogen) atoms. The molecule has 6 rings (SSSR count). The number of fused-ring (bicyclic) bond motifs is 2. The van der Waals surface area contributed by atoms with Crippen LogP contribution in [0.4, 0.5) is 5.69 Å². The highest BCUT2D eigenvalue weighted by atomic mass is 79.9. The van der Waals surface area contributed by atoms with Crippen molar-refractivity contribution in [1.29, 1.82) is 0 Å². The van der Waals surface area contributed by atoms with Gasteiger partial charge in [0, 0.05) is 27.0 Å². The third-order valence-electron chi connectivity index (χ3n) is 7.20. The topological polar surface area (TPSA) is 118 Å². The number of ether oxygens (including phenoxy) is 3. The Morgan fingerprint density at radius 1 is 1.12 bits per heavy atom. The van der Waals surface area contributed by atoms with Crippen molar-refractivity contribution in [1.82, 2.24) is 9.66 Å². The van der Waals surface area contributed by atoms with Crippen LogP contribution in [0.5, 0.6) is 17.2 Å². The molecule has 10 nitrogen and oxygen atoms in total. The molecule has 0 N–H and O–H groups in total. The monoisotopic (exact) mass is 638 g/mol. The van der Waals surface area contributed by atoms with E-state index in [0.717, 1.165) is 42.1 Å². The van der Waals surface area contributed by atoms with E-state index in [0.29, 0.717) is 28.2 Å². The fraction of sp³-hybridized carbons (Fsp3) is 0.276. The van der Waals surface area contributed by atoms with Crippen molar-refractivity contribution < 1.29 is 19.1 Å². The lowest BCUT2D eigenvalue weighted by molar-refractivity contribution is -0.385. The quantitative estimate of drug-likeness (QED) is 0.122. The molecule has 12 heteroatoms. The summed E-state index contributed by atoms with van der Waals surface area (Å²) in [7, 11) is 0. The molecular weight excluding hydrogens is 616 g/mol. The van der Waals surface area contributed by atoms with Crippen molar-refractivity contribution in [3.63, 3.8) is 0 Å². The fourth-order valence-corrected chi connectivity index (χ4v) is 5.78. The van der Waals surface area contributed by atoms with Gasteiger partial charge < -0.3 is 14.2 Å². The van der Waals surface area contributed by atoms with Crippen LogP contribution in [0, 0.1) is 10.1 Å². The van der Waals surface area contributed by atoms with Gasteiger partial charge in [0.2, 0.25) is 12.5 Å². The largest absolute Gasteiger partial charge is 0.481 e. The number of hydrogen-bond acceptors (Lipinski definition) is 8. The van der Waals surface area contributed by atoms with E-state index < -0.39 is 4.92 Å². The Labute approximate surface area is 247 Å². The van der Waals surface area contributed by atoms with Gasteiger partial charge in [-0.15, -0.1) is 0 Å². The van der Waals surface area contributed by atoms with Gasteiger partial charge in [0.25, 0.3) is 5.56 Å². The van der Waals surface area contributed by atoms with Gasteiger partial charge in [0.05, 0.1) is 22.0 Å². The van der Waals surface area contributed by atoms with Gasteiger partial charge >= 0.3 is 5.69 Å². The van der Waals surface area contributed by atoms with Crippen LogP contribution in [-0.4, -0.2) is 27.6 Å². The van der Waals surface area contributed by atoms with E-state index >= 15 is 0 Å². The van der Waals surface area contributed by atoms with Crippen LogP contribution >= 0.6 is 27.5 Å². The summed E-state index contributed by atoms with van der Waals surface area (Å²) in [5.74, 6) is 1.81. The van der Waals surface area contributed by atoms with Gasteiger partial charge in [0.1, 0.15) is 12.4 Å². The minimum Gasteiger partial charge on any atom is -0.481 e. The molecule has 1 aliphatic carbocycles. The van der Waals surface area contributed by atoms with Crippen molar-refractivity contribution in [3.05, 3.63) is 95.4 Å². The fourth-order valence-electron chi connectivity index (χ4n) is 5.20. The highest BCUT2D eigenvalue weighted by Crippen LogP contribution is 2.37. The Morgan fingerprint density at radius 3 is 2.73 bits per heavy atom. The minimum absolute atomic E-state index is 0.0127. The van der Waals surface area contributed by atoms with Crippen molar-refractivity contribution in [2.24, 2.45) is 5.10 Å². The van der Waals surface area contributed by atoms with Crippen LogP contribution in [0.3, 0.4) is 0 Å². The summed E-state index contributed by atoms with van der Waals surface area (Å²) in [6.45, 7) is 0.143. The van der Waals surface area contributed by atoms with Crippen LogP contribution in [-0.2, 0) is 6.61 Å². The van der Waals surface area contributed by atoms with E-state index in [1.807, 2.05) is 12.1 Å². The molecule has 1 aliphatic heterocycles. The Kier molecular flexibility index (Phi) is 7.63. The number of rotatable bonds is 7. The number of nitrogens with zero attached hydrogens (tertiary/aromatic N) is 4. The van der Waals surface area contributed by atoms with Gasteiger partial charge in [-0.2, -0.15) is 9.78 Å². The number of nitro benzene ring substituents is 1. The van der Waals surface area contributed by atoms with E-state index in [1.165, 1.54) is 23.0 Å². The van der Waals surface area contributed by atoms with Crippen LogP contribution in [0.15, 0.2) is 62.9 Å². The van der Waals surface area contributed by atoms with E-state index in [-0.39, 0.29) is 46.9 Å². The summed E-state index contributed by atoms with van der Waals surface area (Å²) in [6.07, 6.45) is 6.39. The van der Waals surface area contributed by atoms with Gasteiger partial charge in [0.15, 0.2) is 11.5 Å². The smallest absolute Gasteiger partial charge is 0.313 e. The number of benzene rings is 3. The van der Waals surface area contributed by atoms with E-state index in [4.69, 9.17) is 30.8 Å². The number of hydrogen-bond donors (Lipinski definition) is 0. The number of aromatic nitrogens is 2.